The molecule has 3 nitrogen and oxygen atoms in total. The Labute approximate surface area is 113 Å². The minimum absolute atomic E-state index is 0.586. The predicted molar refractivity (Wildman–Crippen MR) is 76.3 cm³/mol. The van der Waals surface area contributed by atoms with Crippen LogP contribution in [0.25, 0.3) is 0 Å². The average molecular weight is 251 g/mol. The van der Waals surface area contributed by atoms with Crippen molar-refractivity contribution in [3.63, 3.8) is 0 Å². The number of rotatable bonds is 7. The van der Waals surface area contributed by atoms with Crippen molar-refractivity contribution in [3.8, 4) is 6.07 Å². The van der Waals surface area contributed by atoms with Crippen molar-refractivity contribution in [1.29, 1.82) is 5.26 Å². The lowest BCUT2D eigenvalue weighted by molar-refractivity contribution is 0.148. The molecule has 1 aliphatic heterocycles. The summed E-state index contributed by atoms with van der Waals surface area (Å²) < 4.78 is 0. The normalized spacial score (nSPS) is 25.3. The van der Waals surface area contributed by atoms with Crippen LogP contribution in [0.3, 0.4) is 0 Å². The zero-order chi connectivity index (χ0) is 13.4. The number of nitrogens with one attached hydrogen (secondary N) is 1. The number of nitrogens with zero attached hydrogens (tertiary/aromatic N) is 2. The van der Waals surface area contributed by atoms with E-state index in [1.165, 1.54) is 25.7 Å². The van der Waals surface area contributed by atoms with Crippen LogP contribution >= 0.6 is 0 Å². The Kier molecular flexibility index (Phi) is 7.31. The molecule has 0 aromatic rings. The van der Waals surface area contributed by atoms with E-state index in [2.05, 4.69) is 37.1 Å². The van der Waals surface area contributed by atoms with Gasteiger partial charge in [-0.1, -0.05) is 27.2 Å². The summed E-state index contributed by atoms with van der Waals surface area (Å²) in [6, 6.07) is 2.88. The highest BCUT2D eigenvalue weighted by molar-refractivity contribution is 4.87. The molecule has 3 heteroatoms. The van der Waals surface area contributed by atoms with Crippen LogP contribution in [-0.4, -0.2) is 37.1 Å². The molecule has 2 atom stereocenters. The van der Waals surface area contributed by atoms with Crippen LogP contribution in [0.5, 0.6) is 0 Å². The molecule has 1 heterocycles. The van der Waals surface area contributed by atoms with Gasteiger partial charge in [-0.15, -0.1) is 0 Å². The Morgan fingerprint density at radius 3 is 2.78 bits per heavy atom. The molecule has 1 N–H and O–H groups in total. The Morgan fingerprint density at radius 1 is 1.39 bits per heavy atom. The zero-order valence-corrected chi connectivity index (χ0v) is 12.3. The molecule has 0 spiro atoms. The number of likely N-dealkylation sites (tertiary alicyclic amines) is 1. The van der Waals surface area contributed by atoms with Crippen molar-refractivity contribution in [2.24, 2.45) is 11.8 Å². The lowest BCUT2D eigenvalue weighted by Gasteiger charge is -2.37. The van der Waals surface area contributed by atoms with Gasteiger partial charge in [0.05, 0.1) is 12.6 Å². The molecule has 0 aromatic heterocycles. The summed E-state index contributed by atoms with van der Waals surface area (Å²) in [5.74, 6) is 1.54. The minimum atomic E-state index is 0.586. The smallest absolute Gasteiger partial charge is 0.0866 e. The fourth-order valence-corrected chi connectivity index (χ4v) is 2.87. The summed E-state index contributed by atoms with van der Waals surface area (Å²) in [6.45, 7) is 10.7. The van der Waals surface area contributed by atoms with Gasteiger partial charge in [0.1, 0.15) is 0 Å². The summed E-state index contributed by atoms with van der Waals surface area (Å²) in [5, 5.41) is 12.5. The molecule has 1 saturated heterocycles. The van der Waals surface area contributed by atoms with Gasteiger partial charge in [-0.2, -0.15) is 5.26 Å². The van der Waals surface area contributed by atoms with Crippen LogP contribution < -0.4 is 5.32 Å². The standard InChI is InChI=1S/C15H29N3/c1-4-5-14-10-15(17-8-6-13(2)3)12-18(11-14)9-7-16/h13-15,17H,4-6,8-12H2,1-3H3. The molecule has 2 unspecified atom stereocenters. The average Bonchev–Trinajstić information content (AvgIpc) is 2.29. The van der Waals surface area contributed by atoms with Crippen LogP contribution in [-0.2, 0) is 0 Å². The molecule has 0 saturated carbocycles. The van der Waals surface area contributed by atoms with Crippen molar-refractivity contribution >= 4 is 0 Å². The molecule has 1 fully saturated rings. The van der Waals surface area contributed by atoms with Gasteiger partial charge in [0.25, 0.3) is 0 Å². The second-order valence-corrected chi connectivity index (χ2v) is 6.08. The third kappa shape index (κ3) is 5.84. The summed E-state index contributed by atoms with van der Waals surface area (Å²) in [4.78, 5) is 2.32. The van der Waals surface area contributed by atoms with Gasteiger partial charge in [0, 0.05) is 19.1 Å². The van der Waals surface area contributed by atoms with E-state index in [0.717, 1.165) is 31.5 Å². The van der Waals surface area contributed by atoms with E-state index in [9.17, 15) is 0 Å². The molecule has 104 valence electrons. The van der Waals surface area contributed by atoms with E-state index in [0.29, 0.717) is 12.6 Å². The summed E-state index contributed by atoms with van der Waals surface area (Å²) in [7, 11) is 0. The van der Waals surface area contributed by atoms with E-state index < -0.39 is 0 Å². The Bertz CT molecular complexity index is 257. The van der Waals surface area contributed by atoms with E-state index in [1.54, 1.807) is 0 Å². The first-order valence-corrected chi connectivity index (χ1v) is 7.48. The predicted octanol–water partition coefficient (Wildman–Crippen LogP) is 2.64. The molecule has 0 aliphatic carbocycles. The first kappa shape index (κ1) is 15.5. The Morgan fingerprint density at radius 2 is 2.17 bits per heavy atom. The van der Waals surface area contributed by atoms with Crippen molar-refractivity contribution in [2.45, 2.75) is 52.5 Å². The highest BCUT2D eigenvalue weighted by Gasteiger charge is 2.25. The molecule has 0 bridgehead atoms. The van der Waals surface area contributed by atoms with Crippen molar-refractivity contribution < 1.29 is 0 Å². The van der Waals surface area contributed by atoms with E-state index in [4.69, 9.17) is 5.26 Å². The quantitative estimate of drug-likeness (QED) is 0.707. The molecule has 0 radical (unpaired) electrons. The monoisotopic (exact) mass is 251 g/mol. The van der Waals surface area contributed by atoms with E-state index in [-0.39, 0.29) is 0 Å². The van der Waals surface area contributed by atoms with Crippen molar-refractivity contribution in [1.82, 2.24) is 10.2 Å². The van der Waals surface area contributed by atoms with Gasteiger partial charge in [0.2, 0.25) is 0 Å². The van der Waals surface area contributed by atoms with Crippen LogP contribution in [0, 0.1) is 23.2 Å². The maximum atomic E-state index is 8.86. The third-order valence-electron chi connectivity index (χ3n) is 3.76. The summed E-state index contributed by atoms with van der Waals surface area (Å²) >= 11 is 0. The lowest BCUT2D eigenvalue weighted by atomic mass is 9.90. The Balaban J connectivity index is 2.38. The van der Waals surface area contributed by atoms with Crippen LogP contribution in [0.2, 0.25) is 0 Å². The van der Waals surface area contributed by atoms with Gasteiger partial charge in [-0.05, 0) is 37.6 Å². The van der Waals surface area contributed by atoms with Gasteiger partial charge >= 0.3 is 0 Å². The number of piperidine rings is 1. The number of hydrogen-bond acceptors (Lipinski definition) is 3. The molecule has 1 rings (SSSR count). The Hall–Kier alpha value is -0.590. The minimum Gasteiger partial charge on any atom is -0.313 e. The summed E-state index contributed by atoms with van der Waals surface area (Å²) in [5.41, 5.74) is 0. The second-order valence-electron chi connectivity index (χ2n) is 6.08. The molecule has 18 heavy (non-hydrogen) atoms. The zero-order valence-electron chi connectivity index (χ0n) is 12.3. The third-order valence-corrected chi connectivity index (χ3v) is 3.76. The number of nitriles is 1. The maximum Gasteiger partial charge on any atom is 0.0866 e. The summed E-state index contributed by atoms with van der Waals surface area (Å²) in [6.07, 6.45) is 5.08. The largest absolute Gasteiger partial charge is 0.313 e. The second kappa shape index (κ2) is 8.50. The van der Waals surface area contributed by atoms with Crippen molar-refractivity contribution in [3.05, 3.63) is 0 Å². The highest BCUT2D eigenvalue weighted by Crippen LogP contribution is 2.21. The van der Waals surface area contributed by atoms with Gasteiger partial charge in [-0.3, -0.25) is 4.90 Å². The fraction of sp³-hybridized carbons (Fsp3) is 0.933. The maximum absolute atomic E-state index is 8.86. The van der Waals surface area contributed by atoms with Gasteiger partial charge in [-0.25, -0.2) is 0 Å². The van der Waals surface area contributed by atoms with Crippen LogP contribution in [0.1, 0.15) is 46.5 Å². The first-order chi connectivity index (χ1) is 8.65. The fourth-order valence-electron chi connectivity index (χ4n) is 2.87. The van der Waals surface area contributed by atoms with E-state index >= 15 is 0 Å². The molecule has 0 aromatic carbocycles. The molecular formula is C15H29N3. The topological polar surface area (TPSA) is 39.1 Å². The van der Waals surface area contributed by atoms with Crippen LogP contribution in [0.4, 0.5) is 0 Å². The molecular weight excluding hydrogens is 222 g/mol. The molecule has 0 amide bonds. The number of hydrogen-bond donors (Lipinski definition) is 1. The molecule has 1 aliphatic rings. The van der Waals surface area contributed by atoms with Gasteiger partial charge in [0.15, 0.2) is 0 Å². The van der Waals surface area contributed by atoms with E-state index in [1.807, 2.05) is 0 Å². The SMILES string of the molecule is CCCC1CC(NCCC(C)C)CN(CC#N)C1. The van der Waals surface area contributed by atoms with Crippen LogP contribution in [0.15, 0.2) is 0 Å². The van der Waals surface area contributed by atoms with Gasteiger partial charge < -0.3 is 5.32 Å². The highest BCUT2D eigenvalue weighted by atomic mass is 15.2. The van der Waals surface area contributed by atoms with Crippen molar-refractivity contribution in [2.75, 3.05) is 26.2 Å². The lowest BCUT2D eigenvalue weighted by Crippen LogP contribution is -2.49. The first-order valence-electron chi connectivity index (χ1n) is 7.48.